The highest BCUT2D eigenvalue weighted by atomic mass is 35.5. The number of para-hydroxylation sites is 1. The van der Waals surface area contributed by atoms with E-state index in [0.717, 1.165) is 23.1 Å². The van der Waals surface area contributed by atoms with Crippen molar-refractivity contribution in [3.63, 3.8) is 0 Å². The van der Waals surface area contributed by atoms with Crippen molar-refractivity contribution in [3.8, 4) is 0 Å². The molecule has 3 rings (SSSR count). The van der Waals surface area contributed by atoms with Crippen molar-refractivity contribution in [2.24, 2.45) is 0 Å². The van der Waals surface area contributed by atoms with Crippen LogP contribution in [0, 0.1) is 0 Å². The number of hydrogen-bond acceptors (Lipinski definition) is 2. The van der Waals surface area contributed by atoms with Crippen LogP contribution in [0.2, 0.25) is 0 Å². The topological polar surface area (TPSA) is 30.7 Å². The van der Waals surface area contributed by atoms with Crippen LogP contribution >= 0.6 is 11.6 Å². The Bertz CT molecular complexity index is 670. The maximum absolute atomic E-state index is 5.88. The predicted octanol–water partition coefficient (Wildman–Crippen LogP) is 3.22. The monoisotopic (exact) mass is 257 g/mol. The normalized spacial score (nSPS) is 10.9. The van der Waals surface area contributed by atoms with E-state index in [9.17, 15) is 0 Å². The molecule has 0 saturated heterocycles. The molecule has 3 nitrogen and oxygen atoms in total. The van der Waals surface area contributed by atoms with Crippen molar-refractivity contribution < 1.29 is 0 Å². The number of rotatable bonds is 3. The van der Waals surface area contributed by atoms with E-state index in [2.05, 4.69) is 38.8 Å². The maximum Gasteiger partial charge on any atom is 0.0951 e. The van der Waals surface area contributed by atoms with Crippen LogP contribution in [0.3, 0.4) is 0 Å². The molecule has 90 valence electrons. The van der Waals surface area contributed by atoms with E-state index in [0.29, 0.717) is 5.88 Å². The summed E-state index contributed by atoms with van der Waals surface area (Å²) in [7, 11) is 0. The average molecular weight is 258 g/mol. The van der Waals surface area contributed by atoms with Crippen molar-refractivity contribution in [3.05, 3.63) is 60.3 Å². The van der Waals surface area contributed by atoms with Gasteiger partial charge in [-0.3, -0.25) is 4.98 Å². The van der Waals surface area contributed by atoms with E-state index >= 15 is 0 Å². The summed E-state index contributed by atoms with van der Waals surface area (Å²) in [6.07, 6.45) is 5.42. The Hall–Kier alpha value is -1.87. The maximum atomic E-state index is 5.88. The van der Waals surface area contributed by atoms with Gasteiger partial charge < -0.3 is 4.57 Å². The Morgan fingerprint density at radius 1 is 1.17 bits per heavy atom. The second kappa shape index (κ2) is 4.78. The summed E-state index contributed by atoms with van der Waals surface area (Å²) in [6.45, 7) is 0.746. The van der Waals surface area contributed by atoms with Gasteiger partial charge in [-0.2, -0.15) is 0 Å². The van der Waals surface area contributed by atoms with Gasteiger partial charge in [-0.1, -0.05) is 24.3 Å². The highest BCUT2D eigenvalue weighted by Gasteiger charge is 2.05. The molecule has 2 heterocycles. The number of alkyl halides is 1. The Kier molecular flexibility index (Phi) is 2.99. The highest BCUT2D eigenvalue weighted by Crippen LogP contribution is 2.17. The molecule has 4 heteroatoms. The molecule has 0 aliphatic carbocycles. The Balaban J connectivity index is 2.05. The number of hydrogen-bond donors (Lipinski definition) is 0. The van der Waals surface area contributed by atoms with Crippen molar-refractivity contribution >= 4 is 22.5 Å². The second-order valence-electron chi connectivity index (χ2n) is 4.14. The lowest BCUT2D eigenvalue weighted by molar-refractivity contribution is 0.768. The zero-order chi connectivity index (χ0) is 12.4. The lowest BCUT2D eigenvalue weighted by atomic mass is 10.1. The van der Waals surface area contributed by atoms with Crippen molar-refractivity contribution in [2.75, 3.05) is 0 Å². The summed E-state index contributed by atoms with van der Waals surface area (Å²) >= 11 is 5.88. The van der Waals surface area contributed by atoms with Crippen LogP contribution < -0.4 is 0 Å². The third-order valence-electron chi connectivity index (χ3n) is 2.99. The molecule has 0 atom stereocenters. The zero-order valence-corrected chi connectivity index (χ0v) is 10.5. The Morgan fingerprint density at radius 3 is 2.94 bits per heavy atom. The second-order valence-corrected chi connectivity index (χ2v) is 4.41. The molecule has 0 radical (unpaired) electrons. The molecule has 0 saturated carbocycles. The molecule has 0 aliphatic heterocycles. The van der Waals surface area contributed by atoms with E-state index in [1.165, 1.54) is 5.56 Å². The largest absolute Gasteiger partial charge is 0.329 e. The van der Waals surface area contributed by atoms with Crippen LogP contribution in [0.1, 0.15) is 11.3 Å². The van der Waals surface area contributed by atoms with E-state index in [-0.39, 0.29) is 0 Å². The lowest BCUT2D eigenvalue weighted by Gasteiger charge is -2.08. The van der Waals surface area contributed by atoms with Crippen molar-refractivity contribution in [2.45, 2.75) is 12.4 Å². The molecule has 0 unspecified atom stereocenters. The molecule has 0 aliphatic rings. The van der Waals surface area contributed by atoms with Crippen LogP contribution in [-0.2, 0) is 12.4 Å². The molecular weight excluding hydrogens is 246 g/mol. The van der Waals surface area contributed by atoms with Crippen LogP contribution in [0.4, 0.5) is 0 Å². The molecule has 3 aromatic rings. The molecular formula is C14H12ClN3. The zero-order valence-electron chi connectivity index (χ0n) is 9.75. The van der Waals surface area contributed by atoms with Crippen molar-refractivity contribution in [1.82, 2.24) is 14.5 Å². The van der Waals surface area contributed by atoms with Crippen LogP contribution in [0.15, 0.2) is 49.1 Å². The Labute approximate surface area is 110 Å². The SMILES string of the molecule is ClCc1cncn1Cc1cccc2cccnc12. The minimum Gasteiger partial charge on any atom is -0.329 e. The van der Waals surface area contributed by atoms with Gasteiger partial charge in [0.05, 0.1) is 30.0 Å². The number of imidazole rings is 1. The number of pyridine rings is 1. The summed E-state index contributed by atoms with van der Waals surface area (Å²) in [4.78, 5) is 8.58. The van der Waals surface area contributed by atoms with Gasteiger partial charge >= 0.3 is 0 Å². The van der Waals surface area contributed by atoms with E-state index in [1.54, 1.807) is 12.5 Å². The molecule has 0 fully saturated rings. The van der Waals surface area contributed by atoms with Gasteiger partial charge in [-0.25, -0.2) is 4.98 Å². The van der Waals surface area contributed by atoms with Crippen molar-refractivity contribution in [1.29, 1.82) is 0 Å². The third-order valence-corrected chi connectivity index (χ3v) is 3.27. The molecule has 0 amide bonds. The summed E-state index contributed by atoms with van der Waals surface area (Å²) in [5.41, 5.74) is 3.23. The summed E-state index contributed by atoms with van der Waals surface area (Å²) in [5.74, 6) is 0.470. The molecule has 0 N–H and O–H groups in total. The molecule has 18 heavy (non-hydrogen) atoms. The molecule has 2 aromatic heterocycles. The smallest absolute Gasteiger partial charge is 0.0951 e. The van der Waals surface area contributed by atoms with Gasteiger partial charge in [-0.15, -0.1) is 11.6 Å². The number of benzene rings is 1. The minimum absolute atomic E-state index is 0.470. The van der Waals surface area contributed by atoms with Gasteiger partial charge in [0.1, 0.15) is 0 Å². The first-order chi connectivity index (χ1) is 8.88. The number of fused-ring (bicyclic) bond motifs is 1. The fourth-order valence-electron chi connectivity index (χ4n) is 2.08. The van der Waals surface area contributed by atoms with E-state index < -0.39 is 0 Å². The summed E-state index contributed by atoms with van der Waals surface area (Å²) in [5, 5.41) is 1.16. The quantitative estimate of drug-likeness (QED) is 0.675. The summed E-state index contributed by atoms with van der Waals surface area (Å²) < 4.78 is 2.05. The fraction of sp³-hybridized carbons (Fsp3) is 0.143. The van der Waals surface area contributed by atoms with Crippen LogP contribution in [0.5, 0.6) is 0 Å². The first-order valence-electron chi connectivity index (χ1n) is 5.76. The molecule has 0 spiro atoms. The Morgan fingerprint density at radius 2 is 2.06 bits per heavy atom. The predicted molar refractivity (Wildman–Crippen MR) is 72.6 cm³/mol. The van der Waals surface area contributed by atoms with Crippen LogP contribution in [-0.4, -0.2) is 14.5 Å². The van der Waals surface area contributed by atoms with Gasteiger partial charge in [0.25, 0.3) is 0 Å². The fourth-order valence-corrected chi connectivity index (χ4v) is 2.30. The molecule has 0 bridgehead atoms. The summed E-state index contributed by atoms with van der Waals surface area (Å²) in [6, 6.07) is 10.2. The minimum atomic E-state index is 0.470. The van der Waals surface area contributed by atoms with E-state index in [1.807, 2.05) is 12.3 Å². The average Bonchev–Trinajstić information content (AvgIpc) is 2.86. The standard InChI is InChI=1S/C14H12ClN3/c15-7-13-8-16-10-18(13)9-12-4-1-3-11-5-2-6-17-14(11)12/h1-6,8,10H,7,9H2. The number of nitrogens with zero attached hydrogens (tertiary/aromatic N) is 3. The highest BCUT2D eigenvalue weighted by molar-refractivity contribution is 6.16. The van der Waals surface area contributed by atoms with E-state index in [4.69, 9.17) is 11.6 Å². The third kappa shape index (κ3) is 1.97. The van der Waals surface area contributed by atoms with Crippen LogP contribution in [0.25, 0.3) is 10.9 Å². The number of aromatic nitrogens is 3. The van der Waals surface area contributed by atoms with Gasteiger partial charge in [0.15, 0.2) is 0 Å². The van der Waals surface area contributed by atoms with Gasteiger partial charge in [-0.05, 0) is 11.6 Å². The van der Waals surface area contributed by atoms with Gasteiger partial charge in [0, 0.05) is 17.8 Å². The first-order valence-corrected chi connectivity index (χ1v) is 6.29. The number of halogens is 1. The first kappa shape index (κ1) is 11.2. The molecule has 1 aromatic carbocycles. The lowest BCUT2D eigenvalue weighted by Crippen LogP contribution is -2.02. The van der Waals surface area contributed by atoms with Gasteiger partial charge in [0.2, 0.25) is 0 Å².